The van der Waals surface area contributed by atoms with Gasteiger partial charge in [0.1, 0.15) is 0 Å². The van der Waals surface area contributed by atoms with E-state index in [0.29, 0.717) is 5.56 Å². The molecule has 1 aliphatic heterocycles. The van der Waals surface area contributed by atoms with Crippen LogP contribution in [-0.4, -0.2) is 44.6 Å². The van der Waals surface area contributed by atoms with Crippen LogP contribution in [0, 0.1) is 0 Å². The average molecular weight is 298 g/mol. The maximum atomic E-state index is 12.3. The van der Waals surface area contributed by atoms with Crippen LogP contribution in [0.4, 0.5) is 0 Å². The average Bonchev–Trinajstić information content (AvgIpc) is 2.41. The highest BCUT2D eigenvalue weighted by molar-refractivity contribution is 7.89. The van der Waals surface area contributed by atoms with Gasteiger partial charge in [-0.1, -0.05) is 12.1 Å². The summed E-state index contributed by atoms with van der Waals surface area (Å²) in [6.07, 6.45) is 1.08. The predicted molar refractivity (Wildman–Crippen MR) is 77.9 cm³/mol. The Labute approximate surface area is 120 Å². The van der Waals surface area contributed by atoms with Gasteiger partial charge in [-0.2, -0.15) is 0 Å². The van der Waals surface area contributed by atoms with Crippen LogP contribution in [0.1, 0.15) is 31.4 Å². The lowest BCUT2D eigenvalue weighted by Crippen LogP contribution is -2.43. The monoisotopic (exact) mass is 298 g/mol. The highest BCUT2D eigenvalue weighted by Crippen LogP contribution is 2.17. The zero-order valence-electron chi connectivity index (χ0n) is 11.9. The zero-order chi connectivity index (χ0) is 14.8. The van der Waals surface area contributed by atoms with Crippen molar-refractivity contribution in [1.29, 1.82) is 0 Å². The summed E-state index contributed by atoms with van der Waals surface area (Å²) in [6, 6.07) is 6.38. The number of hydrogen-bond acceptors (Lipinski definition) is 4. The minimum atomic E-state index is -3.47. The van der Waals surface area contributed by atoms with Crippen molar-refractivity contribution >= 4 is 10.0 Å². The second-order valence-electron chi connectivity index (χ2n) is 5.44. The first kappa shape index (κ1) is 15.4. The summed E-state index contributed by atoms with van der Waals surface area (Å²) in [7, 11) is -1.43. The summed E-state index contributed by atoms with van der Waals surface area (Å²) in [6.45, 7) is 3.47. The van der Waals surface area contributed by atoms with Gasteiger partial charge in [-0.3, -0.25) is 0 Å². The Morgan fingerprint density at radius 2 is 1.80 bits per heavy atom. The lowest BCUT2D eigenvalue weighted by molar-refractivity contribution is 0.199. The minimum absolute atomic E-state index is 0.00708. The first-order valence-corrected chi connectivity index (χ1v) is 8.36. The molecule has 0 amide bonds. The molecule has 1 aliphatic rings. The SMILES string of the molecule is CC(O)c1ccc(S(=O)(=O)NC2CCN(C)CC2)cc1. The number of hydrogen-bond donors (Lipinski definition) is 2. The molecule has 1 atom stereocenters. The lowest BCUT2D eigenvalue weighted by atomic mass is 10.1. The van der Waals surface area contributed by atoms with Crippen LogP contribution in [-0.2, 0) is 10.0 Å². The summed E-state index contributed by atoms with van der Waals surface area (Å²) < 4.78 is 27.3. The number of aliphatic hydroxyl groups excluding tert-OH is 1. The molecule has 1 aromatic rings. The fourth-order valence-corrected chi connectivity index (χ4v) is 3.64. The van der Waals surface area contributed by atoms with Crippen LogP contribution in [0.15, 0.2) is 29.2 Å². The maximum absolute atomic E-state index is 12.3. The topological polar surface area (TPSA) is 69.6 Å². The third-order valence-corrected chi connectivity index (χ3v) is 5.25. The second-order valence-corrected chi connectivity index (χ2v) is 7.16. The fraction of sp³-hybridized carbons (Fsp3) is 0.571. The molecule has 0 aliphatic carbocycles. The van der Waals surface area contributed by atoms with Gasteiger partial charge in [0.2, 0.25) is 10.0 Å². The van der Waals surface area contributed by atoms with E-state index in [4.69, 9.17) is 0 Å². The Morgan fingerprint density at radius 1 is 1.25 bits per heavy atom. The highest BCUT2D eigenvalue weighted by Gasteiger charge is 2.23. The van der Waals surface area contributed by atoms with E-state index in [-0.39, 0.29) is 10.9 Å². The Hall–Kier alpha value is -0.950. The van der Waals surface area contributed by atoms with Gasteiger partial charge in [0.05, 0.1) is 11.0 Å². The molecule has 20 heavy (non-hydrogen) atoms. The molecular weight excluding hydrogens is 276 g/mol. The highest BCUT2D eigenvalue weighted by atomic mass is 32.2. The molecule has 0 saturated carbocycles. The molecule has 0 radical (unpaired) electrons. The first-order chi connectivity index (χ1) is 9.38. The number of nitrogens with one attached hydrogen (secondary N) is 1. The number of piperidine rings is 1. The number of benzene rings is 1. The van der Waals surface area contributed by atoms with E-state index in [9.17, 15) is 13.5 Å². The fourth-order valence-electron chi connectivity index (χ4n) is 2.34. The summed E-state index contributed by atoms with van der Waals surface area (Å²) >= 11 is 0. The molecule has 2 rings (SSSR count). The molecule has 112 valence electrons. The summed E-state index contributed by atoms with van der Waals surface area (Å²) in [5, 5.41) is 9.43. The third-order valence-electron chi connectivity index (χ3n) is 3.71. The van der Waals surface area contributed by atoms with Gasteiger partial charge in [-0.05, 0) is 57.6 Å². The van der Waals surface area contributed by atoms with Crippen LogP contribution in [0.5, 0.6) is 0 Å². The first-order valence-electron chi connectivity index (χ1n) is 6.87. The molecule has 6 heteroatoms. The van der Waals surface area contributed by atoms with Crippen LogP contribution in [0.2, 0.25) is 0 Å². The molecule has 0 spiro atoms. The van der Waals surface area contributed by atoms with Crippen molar-refractivity contribution in [3.63, 3.8) is 0 Å². The molecule has 1 saturated heterocycles. The Bertz CT molecular complexity index is 532. The number of rotatable bonds is 4. The Morgan fingerprint density at radius 3 is 2.30 bits per heavy atom. The van der Waals surface area contributed by atoms with Gasteiger partial charge in [0.25, 0.3) is 0 Å². The van der Waals surface area contributed by atoms with Crippen LogP contribution >= 0.6 is 0 Å². The van der Waals surface area contributed by atoms with Crippen molar-refractivity contribution in [3.8, 4) is 0 Å². The van der Waals surface area contributed by atoms with Gasteiger partial charge < -0.3 is 10.0 Å². The van der Waals surface area contributed by atoms with Crippen LogP contribution < -0.4 is 4.72 Å². The maximum Gasteiger partial charge on any atom is 0.240 e. The Balaban J connectivity index is 2.06. The van der Waals surface area contributed by atoms with E-state index in [2.05, 4.69) is 9.62 Å². The smallest absolute Gasteiger partial charge is 0.240 e. The van der Waals surface area contributed by atoms with Gasteiger partial charge in [0, 0.05) is 6.04 Å². The van der Waals surface area contributed by atoms with Gasteiger partial charge in [0.15, 0.2) is 0 Å². The summed E-state index contributed by atoms with van der Waals surface area (Å²) in [5.74, 6) is 0. The molecule has 1 aromatic carbocycles. The zero-order valence-corrected chi connectivity index (χ0v) is 12.7. The minimum Gasteiger partial charge on any atom is -0.389 e. The second kappa shape index (κ2) is 6.22. The number of likely N-dealkylation sites (tertiary alicyclic amines) is 1. The predicted octanol–water partition coefficient (Wildman–Crippen LogP) is 1.11. The quantitative estimate of drug-likeness (QED) is 0.874. The Kier molecular flexibility index (Phi) is 4.80. The van der Waals surface area contributed by atoms with Gasteiger partial charge in [-0.25, -0.2) is 13.1 Å². The number of sulfonamides is 1. The van der Waals surface area contributed by atoms with E-state index in [1.54, 1.807) is 31.2 Å². The van der Waals surface area contributed by atoms with E-state index in [1.165, 1.54) is 0 Å². The van der Waals surface area contributed by atoms with Crippen molar-refractivity contribution in [1.82, 2.24) is 9.62 Å². The van der Waals surface area contributed by atoms with Crippen molar-refractivity contribution in [2.75, 3.05) is 20.1 Å². The van der Waals surface area contributed by atoms with E-state index in [0.717, 1.165) is 25.9 Å². The van der Waals surface area contributed by atoms with Crippen molar-refractivity contribution in [3.05, 3.63) is 29.8 Å². The standard InChI is InChI=1S/C14H22N2O3S/c1-11(17)12-3-5-14(6-4-12)20(18,19)15-13-7-9-16(2)10-8-13/h3-6,11,13,15,17H,7-10H2,1-2H3. The van der Waals surface area contributed by atoms with E-state index >= 15 is 0 Å². The lowest BCUT2D eigenvalue weighted by Gasteiger charge is -2.29. The molecular formula is C14H22N2O3S. The molecule has 5 nitrogen and oxygen atoms in total. The molecule has 1 unspecified atom stereocenters. The molecule has 1 heterocycles. The summed E-state index contributed by atoms with van der Waals surface area (Å²) in [5.41, 5.74) is 0.711. The summed E-state index contributed by atoms with van der Waals surface area (Å²) in [4.78, 5) is 2.45. The van der Waals surface area contributed by atoms with Gasteiger partial charge in [-0.15, -0.1) is 0 Å². The van der Waals surface area contributed by atoms with Crippen molar-refractivity contribution in [2.45, 2.75) is 36.8 Å². The largest absolute Gasteiger partial charge is 0.389 e. The molecule has 2 N–H and O–H groups in total. The number of nitrogens with zero attached hydrogens (tertiary/aromatic N) is 1. The van der Waals surface area contributed by atoms with Gasteiger partial charge >= 0.3 is 0 Å². The third kappa shape index (κ3) is 3.79. The normalized spacial score (nSPS) is 19.9. The van der Waals surface area contributed by atoms with E-state index < -0.39 is 16.1 Å². The molecule has 0 aromatic heterocycles. The van der Waals surface area contributed by atoms with Crippen LogP contribution in [0.3, 0.4) is 0 Å². The molecule has 1 fully saturated rings. The molecule has 0 bridgehead atoms. The van der Waals surface area contributed by atoms with Crippen molar-refractivity contribution in [2.24, 2.45) is 0 Å². The van der Waals surface area contributed by atoms with Crippen molar-refractivity contribution < 1.29 is 13.5 Å². The number of aliphatic hydroxyl groups is 1. The van der Waals surface area contributed by atoms with E-state index in [1.807, 2.05) is 7.05 Å². The van der Waals surface area contributed by atoms with Crippen LogP contribution in [0.25, 0.3) is 0 Å².